The van der Waals surface area contributed by atoms with Crippen molar-refractivity contribution in [2.45, 2.75) is 32.1 Å². The fraction of sp³-hybridized carbons (Fsp3) is 0.474. The number of hydrogen-bond donors (Lipinski definition) is 1. The molecule has 0 radical (unpaired) electrons. The first-order chi connectivity index (χ1) is 12.2. The topological polar surface area (TPSA) is 45.5 Å². The molecule has 2 heterocycles. The number of para-hydroxylation sites is 1. The van der Waals surface area contributed by atoms with E-state index in [0.717, 1.165) is 37.0 Å². The van der Waals surface area contributed by atoms with E-state index in [2.05, 4.69) is 63.3 Å². The van der Waals surface area contributed by atoms with E-state index < -0.39 is 0 Å². The van der Waals surface area contributed by atoms with E-state index in [4.69, 9.17) is 0 Å². The summed E-state index contributed by atoms with van der Waals surface area (Å²) >= 11 is 2.08. The highest BCUT2D eigenvalue weighted by Gasteiger charge is 2.21. The molecular weight excluding hydrogens is 457 g/mol. The molecule has 1 aliphatic rings. The zero-order valence-electron chi connectivity index (χ0n) is 15.7. The van der Waals surface area contributed by atoms with Gasteiger partial charge >= 0.3 is 0 Å². The van der Waals surface area contributed by atoms with Crippen molar-refractivity contribution in [1.82, 2.24) is 20.0 Å². The summed E-state index contributed by atoms with van der Waals surface area (Å²) in [5, 5.41) is 8.79. The Labute approximate surface area is 177 Å². The summed E-state index contributed by atoms with van der Waals surface area (Å²) < 4.78 is 1.94. The molecule has 1 aromatic heterocycles. The fourth-order valence-corrected chi connectivity index (χ4v) is 4.28. The maximum absolute atomic E-state index is 4.55. The molecule has 0 saturated carbocycles. The maximum atomic E-state index is 4.55. The number of aromatic nitrogens is 2. The van der Waals surface area contributed by atoms with E-state index in [9.17, 15) is 0 Å². The molecule has 26 heavy (non-hydrogen) atoms. The summed E-state index contributed by atoms with van der Waals surface area (Å²) in [6.07, 6.45) is 3.22. The summed E-state index contributed by atoms with van der Waals surface area (Å²) in [6.45, 7) is 7.14. The number of nitrogens with one attached hydrogen (secondary N) is 1. The Morgan fingerprint density at radius 1 is 1.35 bits per heavy atom. The molecule has 2 aromatic rings. The Morgan fingerprint density at radius 3 is 2.85 bits per heavy atom. The van der Waals surface area contributed by atoms with Crippen molar-refractivity contribution < 1.29 is 0 Å². The zero-order chi connectivity index (χ0) is 17.6. The molecule has 1 saturated heterocycles. The summed E-state index contributed by atoms with van der Waals surface area (Å²) in [5.41, 5.74) is 3.35. The Kier molecular flexibility index (Phi) is 8.27. The standard InChI is InChI=1S/C19H27N5S.HI/c1-4-17-14-23(11-12-25-17)19(20-3)21-13-16-7-5-6-8-18(16)24-10-9-15(2)22-24;/h5-10,17H,4,11-14H2,1-3H3,(H,20,21);1H. The highest BCUT2D eigenvalue weighted by Crippen LogP contribution is 2.21. The number of thioether (sulfide) groups is 1. The van der Waals surface area contributed by atoms with Gasteiger partial charge in [0.1, 0.15) is 0 Å². The van der Waals surface area contributed by atoms with E-state index in [1.54, 1.807) is 0 Å². The molecule has 1 N–H and O–H groups in total. The first-order valence-electron chi connectivity index (χ1n) is 8.89. The molecule has 1 unspecified atom stereocenters. The molecular formula is C19H28IN5S. The van der Waals surface area contributed by atoms with Crippen LogP contribution in [0.3, 0.4) is 0 Å². The van der Waals surface area contributed by atoms with Gasteiger partial charge in [0.05, 0.1) is 11.4 Å². The van der Waals surface area contributed by atoms with Gasteiger partial charge < -0.3 is 10.2 Å². The highest BCUT2D eigenvalue weighted by molar-refractivity contribution is 14.0. The third kappa shape index (κ3) is 5.16. The minimum atomic E-state index is 0. The maximum Gasteiger partial charge on any atom is 0.193 e. The van der Waals surface area contributed by atoms with Crippen molar-refractivity contribution in [2.75, 3.05) is 25.9 Å². The number of nitrogens with zero attached hydrogens (tertiary/aromatic N) is 4. The van der Waals surface area contributed by atoms with E-state index in [-0.39, 0.29) is 24.0 Å². The summed E-state index contributed by atoms with van der Waals surface area (Å²) in [5.74, 6) is 2.16. The lowest BCUT2D eigenvalue weighted by atomic mass is 10.2. The lowest BCUT2D eigenvalue weighted by molar-refractivity contribution is 0.408. The van der Waals surface area contributed by atoms with Crippen LogP contribution in [0.5, 0.6) is 0 Å². The predicted molar refractivity (Wildman–Crippen MR) is 122 cm³/mol. The van der Waals surface area contributed by atoms with Crippen LogP contribution < -0.4 is 5.32 Å². The number of aryl methyl sites for hydroxylation is 1. The zero-order valence-corrected chi connectivity index (χ0v) is 18.8. The SMILES string of the molecule is CCC1CN(C(=NC)NCc2ccccc2-n2ccc(C)n2)CCS1.I. The Bertz CT molecular complexity index is 730. The van der Waals surface area contributed by atoms with Gasteiger partial charge in [-0.1, -0.05) is 25.1 Å². The number of guanidine groups is 1. The first-order valence-corrected chi connectivity index (χ1v) is 9.94. The van der Waals surface area contributed by atoms with Crippen LogP contribution in [0.2, 0.25) is 0 Å². The second-order valence-electron chi connectivity index (χ2n) is 6.28. The summed E-state index contributed by atoms with van der Waals surface area (Å²) in [7, 11) is 1.87. The molecule has 1 aliphatic heterocycles. The van der Waals surface area contributed by atoms with Crippen LogP contribution >= 0.6 is 35.7 Å². The van der Waals surface area contributed by atoms with Crippen molar-refractivity contribution in [3.05, 3.63) is 47.8 Å². The van der Waals surface area contributed by atoms with Crippen molar-refractivity contribution in [3.63, 3.8) is 0 Å². The number of benzene rings is 1. The average molecular weight is 485 g/mol. The largest absolute Gasteiger partial charge is 0.352 e. The van der Waals surface area contributed by atoms with Gasteiger partial charge in [-0.25, -0.2) is 4.68 Å². The number of aliphatic imine (C=N–C) groups is 1. The molecule has 0 spiro atoms. The van der Waals surface area contributed by atoms with Crippen molar-refractivity contribution in [1.29, 1.82) is 0 Å². The quantitative estimate of drug-likeness (QED) is 0.408. The lowest BCUT2D eigenvalue weighted by Crippen LogP contribution is -2.47. The van der Waals surface area contributed by atoms with Crippen molar-refractivity contribution >= 4 is 41.7 Å². The minimum absolute atomic E-state index is 0. The molecule has 0 bridgehead atoms. The van der Waals surface area contributed by atoms with Gasteiger partial charge in [-0.15, -0.1) is 24.0 Å². The van der Waals surface area contributed by atoms with Gasteiger partial charge in [-0.2, -0.15) is 16.9 Å². The monoisotopic (exact) mass is 485 g/mol. The molecule has 1 fully saturated rings. The molecule has 5 nitrogen and oxygen atoms in total. The van der Waals surface area contributed by atoms with Crippen molar-refractivity contribution in [3.8, 4) is 5.69 Å². The second kappa shape index (κ2) is 10.2. The molecule has 0 amide bonds. The van der Waals surface area contributed by atoms with Crippen LogP contribution in [0.1, 0.15) is 24.6 Å². The van der Waals surface area contributed by atoms with Gasteiger partial charge in [0.2, 0.25) is 0 Å². The average Bonchev–Trinajstić information content (AvgIpc) is 3.09. The Balaban J connectivity index is 0.00000243. The minimum Gasteiger partial charge on any atom is -0.352 e. The van der Waals surface area contributed by atoms with Gasteiger partial charge in [-0.05, 0) is 31.0 Å². The second-order valence-corrected chi connectivity index (χ2v) is 7.69. The third-order valence-electron chi connectivity index (χ3n) is 4.50. The van der Waals surface area contributed by atoms with E-state index in [1.807, 2.05) is 30.9 Å². The Morgan fingerprint density at radius 2 is 2.15 bits per heavy atom. The Hall–Kier alpha value is -1.22. The molecule has 1 atom stereocenters. The number of hydrogen-bond acceptors (Lipinski definition) is 3. The van der Waals surface area contributed by atoms with Crippen LogP contribution in [0.15, 0.2) is 41.5 Å². The fourth-order valence-electron chi connectivity index (χ4n) is 3.10. The summed E-state index contributed by atoms with van der Waals surface area (Å²) in [6, 6.07) is 10.4. The molecule has 1 aromatic carbocycles. The summed E-state index contributed by atoms with van der Waals surface area (Å²) in [4.78, 5) is 6.88. The molecule has 0 aliphatic carbocycles. The van der Waals surface area contributed by atoms with Crippen LogP contribution in [-0.4, -0.2) is 51.8 Å². The van der Waals surface area contributed by atoms with Gasteiger partial charge in [0, 0.05) is 43.9 Å². The third-order valence-corrected chi connectivity index (χ3v) is 5.88. The van der Waals surface area contributed by atoms with Gasteiger partial charge in [-0.3, -0.25) is 4.99 Å². The molecule has 3 rings (SSSR count). The van der Waals surface area contributed by atoms with Crippen LogP contribution in [0.25, 0.3) is 5.69 Å². The van der Waals surface area contributed by atoms with Gasteiger partial charge in [0.15, 0.2) is 5.96 Å². The molecule has 7 heteroatoms. The number of rotatable bonds is 4. The van der Waals surface area contributed by atoms with Gasteiger partial charge in [0.25, 0.3) is 0 Å². The van der Waals surface area contributed by atoms with E-state index in [0.29, 0.717) is 5.25 Å². The predicted octanol–water partition coefficient (Wildman–Crippen LogP) is 3.70. The highest BCUT2D eigenvalue weighted by atomic mass is 127. The smallest absolute Gasteiger partial charge is 0.193 e. The van der Waals surface area contributed by atoms with E-state index >= 15 is 0 Å². The van der Waals surface area contributed by atoms with E-state index in [1.165, 1.54) is 17.7 Å². The first kappa shape index (κ1) is 21.1. The lowest BCUT2D eigenvalue weighted by Gasteiger charge is -2.34. The molecule has 142 valence electrons. The van der Waals surface area contributed by atoms with Crippen LogP contribution in [-0.2, 0) is 6.54 Å². The number of halogens is 1. The van der Waals surface area contributed by atoms with Crippen LogP contribution in [0.4, 0.5) is 0 Å². The van der Waals surface area contributed by atoms with Crippen LogP contribution in [0, 0.1) is 6.92 Å². The van der Waals surface area contributed by atoms with Crippen molar-refractivity contribution in [2.24, 2.45) is 4.99 Å². The normalized spacial score (nSPS) is 17.7.